The van der Waals surface area contributed by atoms with Crippen molar-refractivity contribution in [2.75, 3.05) is 30.8 Å². The number of likely N-dealkylation sites (N-methyl/N-ethyl adjacent to an activating group) is 1. The zero-order valence-electron chi connectivity index (χ0n) is 10.1. The average molecular weight is 251 g/mol. The molecule has 0 saturated carbocycles. The van der Waals surface area contributed by atoms with E-state index in [-0.39, 0.29) is 11.8 Å². The van der Waals surface area contributed by atoms with E-state index in [2.05, 4.69) is 9.88 Å². The molecule has 1 fully saturated rings. The van der Waals surface area contributed by atoms with E-state index in [1.807, 2.05) is 31.8 Å². The van der Waals surface area contributed by atoms with Crippen LogP contribution in [0.3, 0.4) is 0 Å². The lowest BCUT2D eigenvalue weighted by molar-refractivity contribution is 0.0875. The molecule has 0 aromatic carbocycles. The van der Waals surface area contributed by atoms with Gasteiger partial charge in [-0.3, -0.25) is 9.69 Å². The molecule has 0 amide bonds. The average Bonchev–Trinajstić information content (AvgIpc) is 2.32. The highest BCUT2D eigenvalue weighted by atomic mass is 32.2. The highest BCUT2D eigenvalue weighted by Gasteiger charge is 2.28. The first kappa shape index (κ1) is 12.4. The molecule has 1 aromatic heterocycles. The van der Waals surface area contributed by atoms with Crippen molar-refractivity contribution < 1.29 is 4.79 Å². The van der Waals surface area contributed by atoms with E-state index in [4.69, 9.17) is 5.73 Å². The monoisotopic (exact) mass is 251 g/mol. The van der Waals surface area contributed by atoms with E-state index in [0.717, 1.165) is 23.6 Å². The van der Waals surface area contributed by atoms with E-state index in [9.17, 15) is 4.79 Å². The van der Waals surface area contributed by atoms with Crippen LogP contribution >= 0.6 is 11.8 Å². The van der Waals surface area contributed by atoms with Gasteiger partial charge in [-0.15, -0.1) is 0 Å². The van der Waals surface area contributed by atoms with Crippen LogP contribution in [0.25, 0.3) is 0 Å². The third-order valence-electron chi connectivity index (χ3n) is 3.02. The van der Waals surface area contributed by atoms with Gasteiger partial charge in [-0.05, 0) is 25.6 Å². The molecular formula is C12H17N3OS. The van der Waals surface area contributed by atoms with E-state index < -0.39 is 0 Å². The molecule has 0 bridgehead atoms. The maximum Gasteiger partial charge on any atom is 0.184 e. The molecule has 0 spiro atoms. The van der Waals surface area contributed by atoms with Gasteiger partial charge in [-0.25, -0.2) is 4.98 Å². The van der Waals surface area contributed by atoms with Crippen LogP contribution < -0.4 is 5.73 Å². The number of aromatic nitrogens is 1. The summed E-state index contributed by atoms with van der Waals surface area (Å²) in [4.78, 5) is 18.6. The number of hydrogen-bond donors (Lipinski definition) is 1. The minimum Gasteiger partial charge on any atom is -0.383 e. The normalized spacial score (nSPS) is 21.4. The summed E-state index contributed by atoms with van der Waals surface area (Å²) in [6.45, 7) is 2.86. The number of carbonyl (C=O) groups excluding carboxylic acids is 1. The van der Waals surface area contributed by atoms with Gasteiger partial charge in [-0.1, -0.05) is 0 Å². The quantitative estimate of drug-likeness (QED) is 0.800. The molecule has 2 rings (SSSR count). The predicted octanol–water partition coefficient (Wildman–Crippen LogP) is 1.20. The molecule has 1 aromatic rings. The molecule has 4 nitrogen and oxygen atoms in total. The molecular weight excluding hydrogens is 234 g/mol. The molecule has 1 aliphatic heterocycles. The van der Waals surface area contributed by atoms with Crippen LogP contribution in [0.15, 0.2) is 12.3 Å². The number of Topliss-reactive ketones (excluding diaryl/α,β-unsaturated/α-hetero) is 1. The minimum absolute atomic E-state index is 0.0698. The maximum atomic E-state index is 12.4. The second-order valence-corrected chi connectivity index (χ2v) is 5.53. The lowest BCUT2D eigenvalue weighted by Crippen LogP contribution is -2.45. The smallest absolute Gasteiger partial charge is 0.184 e. The first-order chi connectivity index (χ1) is 8.09. The third-order valence-corrected chi connectivity index (χ3v) is 4.04. The van der Waals surface area contributed by atoms with Crippen molar-refractivity contribution in [2.24, 2.45) is 0 Å². The summed E-state index contributed by atoms with van der Waals surface area (Å²) >= 11 is 1.82. The highest BCUT2D eigenvalue weighted by Crippen LogP contribution is 2.21. The molecule has 17 heavy (non-hydrogen) atoms. The standard InChI is InChI=1S/C12H17N3OS/c1-8-5-9(12(13)14-6-8)11(16)10-7-17-4-3-15(10)2/h5-6,10H,3-4,7H2,1-2H3,(H2,13,14). The summed E-state index contributed by atoms with van der Waals surface area (Å²) in [6.07, 6.45) is 1.69. The van der Waals surface area contributed by atoms with Crippen LogP contribution in [-0.2, 0) is 0 Å². The van der Waals surface area contributed by atoms with Crippen molar-refractivity contribution in [1.82, 2.24) is 9.88 Å². The van der Waals surface area contributed by atoms with Gasteiger partial charge in [0, 0.05) is 24.2 Å². The van der Waals surface area contributed by atoms with Crippen LogP contribution in [-0.4, -0.2) is 46.8 Å². The molecule has 92 valence electrons. The number of hydrogen-bond acceptors (Lipinski definition) is 5. The fourth-order valence-corrected chi connectivity index (χ4v) is 3.13. The Balaban J connectivity index is 2.26. The molecule has 2 heterocycles. The summed E-state index contributed by atoms with van der Waals surface area (Å²) in [7, 11) is 1.99. The second-order valence-electron chi connectivity index (χ2n) is 4.38. The van der Waals surface area contributed by atoms with E-state index >= 15 is 0 Å². The van der Waals surface area contributed by atoms with Crippen molar-refractivity contribution >= 4 is 23.4 Å². The zero-order valence-corrected chi connectivity index (χ0v) is 11.0. The number of nitrogens with zero attached hydrogens (tertiary/aromatic N) is 2. The molecule has 2 N–H and O–H groups in total. The highest BCUT2D eigenvalue weighted by molar-refractivity contribution is 7.99. The van der Waals surface area contributed by atoms with Crippen molar-refractivity contribution in [3.63, 3.8) is 0 Å². The number of nitrogens with two attached hydrogens (primary N) is 1. The van der Waals surface area contributed by atoms with Gasteiger partial charge in [0.2, 0.25) is 0 Å². The molecule has 0 radical (unpaired) electrons. The fraction of sp³-hybridized carbons (Fsp3) is 0.500. The number of thioether (sulfide) groups is 1. The summed E-state index contributed by atoms with van der Waals surface area (Å²) in [5.74, 6) is 2.35. The van der Waals surface area contributed by atoms with Crippen molar-refractivity contribution in [3.05, 3.63) is 23.4 Å². The molecule has 1 atom stereocenters. The minimum atomic E-state index is -0.0698. The van der Waals surface area contributed by atoms with Gasteiger partial charge >= 0.3 is 0 Å². The number of ketones is 1. The molecule has 0 aliphatic carbocycles. The number of pyridine rings is 1. The number of nitrogen functional groups attached to an aromatic ring is 1. The van der Waals surface area contributed by atoms with Crippen LogP contribution in [0.5, 0.6) is 0 Å². The topological polar surface area (TPSA) is 59.2 Å². The van der Waals surface area contributed by atoms with Crippen LogP contribution in [0.2, 0.25) is 0 Å². The number of aryl methyl sites for hydroxylation is 1. The lowest BCUT2D eigenvalue weighted by Gasteiger charge is -2.31. The van der Waals surface area contributed by atoms with Gasteiger partial charge < -0.3 is 5.73 Å². The van der Waals surface area contributed by atoms with Gasteiger partial charge in [0.25, 0.3) is 0 Å². The molecule has 1 saturated heterocycles. The largest absolute Gasteiger partial charge is 0.383 e. The Morgan fingerprint density at radius 3 is 3.12 bits per heavy atom. The van der Waals surface area contributed by atoms with Crippen molar-refractivity contribution in [2.45, 2.75) is 13.0 Å². The summed E-state index contributed by atoms with van der Waals surface area (Å²) in [5.41, 5.74) is 7.31. The second kappa shape index (κ2) is 5.06. The molecule has 5 heteroatoms. The van der Waals surface area contributed by atoms with Crippen molar-refractivity contribution in [3.8, 4) is 0 Å². The van der Waals surface area contributed by atoms with Crippen LogP contribution in [0, 0.1) is 6.92 Å². The van der Waals surface area contributed by atoms with Gasteiger partial charge in [0.15, 0.2) is 5.78 Å². The van der Waals surface area contributed by atoms with Gasteiger partial charge in [0.1, 0.15) is 5.82 Å². The maximum absolute atomic E-state index is 12.4. The van der Waals surface area contributed by atoms with Gasteiger partial charge in [-0.2, -0.15) is 11.8 Å². The fourth-order valence-electron chi connectivity index (χ4n) is 1.92. The number of rotatable bonds is 2. The predicted molar refractivity (Wildman–Crippen MR) is 71.5 cm³/mol. The Labute approximate surface area is 106 Å². The number of anilines is 1. The van der Waals surface area contributed by atoms with E-state index in [0.29, 0.717) is 11.4 Å². The lowest BCUT2D eigenvalue weighted by atomic mass is 10.0. The SMILES string of the molecule is Cc1cnc(N)c(C(=O)C2CSCCN2C)c1. The Bertz CT molecular complexity index is 436. The zero-order chi connectivity index (χ0) is 12.4. The molecule has 1 unspecified atom stereocenters. The Kier molecular flexibility index (Phi) is 3.69. The Hall–Kier alpha value is -1.07. The number of carbonyl (C=O) groups is 1. The summed E-state index contributed by atoms with van der Waals surface area (Å²) in [5, 5.41) is 0. The molecule has 1 aliphatic rings. The van der Waals surface area contributed by atoms with E-state index in [1.165, 1.54) is 0 Å². The van der Waals surface area contributed by atoms with E-state index in [1.54, 1.807) is 6.20 Å². The Morgan fingerprint density at radius 2 is 2.41 bits per heavy atom. The third kappa shape index (κ3) is 2.61. The summed E-state index contributed by atoms with van der Waals surface area (Å²) < 4.78 is 0. The van der Waals surface area contributed by atoms with Crippen molar-refractivity contribution in [1.29, 1.82) is 0 Å². The summed E-state index contributed by atoms with van der Waals surface area (Å²) in [6, 6.07) is 1.76. The van der Waals surface area contributed by atoms with Crippen LogP contribution in [0.1, 0.15) is 15.9 Å². The van der Waals surface area contributed by atoms with Gasteiger partial charge in [0.05, 0.1) is 11.6 Å². The Morgan fingerprint density at radius 1 is 1.65 bits per heavy atom. The first-order valence-electron chi connectivity index (χ1n) is 5.64. The van der Waals surface area contributed by atoms with Crippen LogP contribution in [0.4, 0.5) is 5.82 Å². The first-order valence-corrected chi connectivity index (χ1v) is 6.79.